The van der Waals surface area contributed by atoms with Gasteiger partial charge in [0.25, 0.3) is 5.91 Å². The maximum Gasteiger partial charge on any atom is 0.252 e. The average molecular weight is 410 g/mol. The predicted octanol–water partition coefficient (Wildman–Crippen LogP) is 4.50. The Morgan fingerprint density at radius 3 is 2.46 bits per heavy atom. The zero-order valence-corrected chi connectivity index (χ0v) is 16.3. The number of ether oxygens (including phenoxy) is 2. The highest BCUT2D eigenvalue weighted by atomic mass is 35.5. The Morgan fingerprint density at radius 2 is 1.82 bits per heavy atom. The molecule has 28 heavy (non-hydrogen) atoms. The van der Waals surface area contributed by atoms with Gasteiger partial charge in [0.15, 0.2) is 11.6 Å². The van der Waals surface area contributed by atoms with Crippen molar-refractivity contribution in [2.45, 2.75) is 25.2 Å². The van der Waals surface area contributed by atoms with Gasteiger partial charge in [0, 0.05) is 25.2 Å². The van der Waals surface area contributed by atoms with Gasteiger partial charge in [-0.05, 0) is 49.6 Å². The molecule has 4 nitrogen and oxygen atoms in total. The van der Waals surface area contributed by atoms with Gasteiger partial charge in [0.1, 0.15) is 5.75 Å². The Bertz CT molecular complexity index is 836. The van der Waals surface area contributed by atoms with E-state index >= 15 is 0 Å². The van der Waals surface area contributed by atoms with Gasteiger partial charge in [0.2, 0.25) is 0 Å². The summed E-state index contributed by atoms with van der Waals surface area (Å²) in [7, 11) is 0. The van der Waals surface area contributed by atoms with Crippen LogP contribution in [-0.4, -0.2) is 32.3 Å². The van der Waals surface area contributed by atoms with Crippen molar-refractivity contribution in [2.24, 2.45) is 0 Å². The van der Waals surface area contributed by atoms with Crippen LogP contribution in [0, 0.1) is 11.6 Å². The van der Waals surface area contributed by atoms with Crippen molar-refractivity contribution >= 4 is 17.5 Å². The summed E-state index contributed by atoms with van der Waals surface area (Å²) >= 11 is 5.92. The van der Waals surface area contributed by atoms with E-state index in [0.717, 1.165) is 36.3 Å². The molecular weight excluding hydrogens is 388 g/mol. The van der Waals surface area contributed by atoms with Gasteiger partial charge in [-0.3, -0.25) is 4.79 Å². The van der Waals surface area contributed by atoms with Gasteiger partial charge >= 0.3 is 0 Å². The first-order chi connectivity index (χ1) is 13.4. The third-order valence-electron chi connectivity index (χ3n) is 5.07. The monoisotopic (exact) mass is 409 g/mol. The summed E-state index contributed by atoms with van der Waals surface area (Å²) < 4.78 is 37.8. The molecule has 0 aromatic heterocycles. The number of halogens is 3. The minimum absolute atomic E-state index is 0.0885. The van der Waals surface area contributed by atoms with Crippen LogP contribution < -0.4 is 10.1 Å². The van der Waals surface area contributed by atoms with Crippen LogP contribution in [0.3, 0.4) is 0 Å². The second kappa shape index (κ2) is 8.88. The van der Waals surface area contributed by atoms with Gasteiger partial charge < -0.3 is 14.8 Å². The molecule has 1 fully saturated rings. The second-order valence-corrected chi connectivity index (χ2v) is 7.19. The molecule has 0 unspecified atom stereocenters. The summed E-state index contributed by atoms with van der Waals surface area (Å²) in [5, 5.41) is 2.71. The summed E-state index contributed by atoms with van der Waals surface area (Å²) in [5.41, 5.74) is 0.661. The van der Waals surface area contributed by atoms with E-state index in [4.69, 9.17) is 21.1 Å². The Labute approximate surface area is 167 Å². The summed E-state index contributed by atoms with van der Waals surface area (Å²) in [4.78, 5) is 12.5. The van der Waals surface area contributed by atoms with Gasteiger partial charge in [-0.15, -0.1) is 0 Å². The molecule has 150 valence electrons. The standard InChI is InChI=1S/C21H22ClF2NO3/c1-2-28-15-5-3-14(4-6-15)21(7-9-27-10-8-21)13-25-20(26)16-11-18(23)19(24)12-17(16)22/h3-6,11-12H,2,7-10,13H2,1H3,(H,25,26). The molecule has 3 rings (SSSR count). The van der Waals surface area contributed by atoms with Gasteiger partial charge in [-0.1, -0.05) is 23.7 Å². The molecule has 1 heterocycles. The number of carbonyl (C=O) groups is 1. The first-order valence-corrected chi connectivity index (χ1v) is 9.57. The molecule has 2 aromatic rings. The molecule has 0 spiro atoms. The van der Waals surface area contributed by atoms with Crippen molar-refractivity contribution in [3.05, 3.63) is 64.2 Å². The number of hydrogen-bond acceptors (Lipinski definition) is 3. The lowest BCUT2D eigenvalue weighted by atomic mass is 9.74. The van der Waals surface area contributed by atoms with E-state index in [0.29, 0.717) is 26.4 Å². The molecule has 0 atom stereocenters. The van der Waals surface area contributed by atoms with Gasteiger partial charge in [0.05, 0.1) is 17.2 Å². The van der Waals surface area contributed by atoms with Crippen LogP contribution in [0.2, 0.25) is 5.02 Å². The van der Waals surface area contributed by atoms with E-state index in [2.05, 4.69) is 5.32 Å². The lowest BCUT2D eigenvalue weighted by molar-refractivity contribution is 0.0487. The molecule has 1 saturated heterocycles. The molecule has 0 saturated carbocycles. The number of rotatable bonds is 6. The van der Waals surface area contributed by atoms with Crippen molar-refractivity contribution in [3.8, 4) is 5.75 Å². The van der Waals surface area contributed by atoms with Crippen LogP contribution in [0.4, 0.5) is 8.78 Å². The van der Waals surface area contributed by atoms with Crippen LogP contribution >= 0.6 is 11.6 Å². The minimum atomic E-state index is -1.11. The lowest BCUT2D eigenvalue weighted by Gasteiger charge is -2.38. The van der Waals surface area contributed by atoms with E-state index in [1.807, 2.05) is 31.2 Å². The first-order valence-electron chi connectivity index (χ1n) is 9.19. The summed E-state index contributed by atoms with van der Waals surface area (Å²) in [6.07, 6.45) is 1.46. The molecule has 0 aliphatic carbocycles. The number of benzene rings is 2. The first kappa shape index (κ1) is 20.6. The molecular formula is C21H22ClF2NO3. The third kappa shape index (κ3) is 4.45. The fourth-order valence-corrected chi connectivity index (χ4v) is 3.68. The zero-order chi connectivity index (χ0) is 20.1. The van der Waals surface area contributed by atoms with Crippen molar-refractivity contribution in [2.75, 3.05) is 26.4 Å². The summed E-state index contributed by atoms with van der Waals surface area (Å²) in [6.45, 7) is 4.00. The fourth-order valence-electron chi connectivity index (χ4n) is 3.44. The molecule has 2 aromatic carbocycles. The minimum Gasteiger partial charge on any atom is -0.494 e. The number of amides is 1. The highest BCUT2D eigenvalue weighted by molar-refractivity contribution is 6.33. The van der Waals surface area contributed by atoms with Crippen LogP contribution in [0.5, 0.6) is 5.75 Å². The number of hydrogen-bond donors (Lipinski definition) is 1. The van der Waals surface area contributed by atoms with Crippen LogP contribution in [0.15, 0.2) is 36.4 Å². The Balaban J connectivity index is 1.79. The Kier molecular flexibility index (Phi) is 6.52. The number of carbonyl (C=O) groups excluding carboxylic acids is 1. The van der Waals surface area contributed by atoms with Gasteiger partial charge in [-0.2, -0.15) is 0 Å². The normalized spacial score (nSPS) is 15.9. The van der Waals surface area contributed by atoms with Gasteiger partial charge in [-0.25, -0.2) is 8.78 Å². The van der Waals surface area contributed by atoms with Crippen molar-refractivity contribution < 1.29 is 23.0 Å². The summed E-state index contributed by atoms with van der Waals surface area (Å²) in [6, 6.07) is 9.43. The lowest BCUT2D eigenvalue weighted by Crippen LogP contribution is -2.44. The van der Waals surface area contributed by atoms with Crippen LogP contribution in [-0.2, 0) is 10.2 Å². The highest BCUT2D eigenvalue weighted by Crippen LogP contribution is 2.35. The Morgan fingerprint density at radius 1 is 1.18 bits per heavy atom. The van der Waals surface area contributed by atoms with E-state index in [-0.39, 0.29) is 16.0 Å². The molecule has 1 N–H and O–H groups in total. The number of nitrogens with one attached hydrogen (secondary N) is 1. The van der Waals surface area contributed by atoms with Crippen molar-refractivity contribution in [1.29, 1.82) is 0 Å². The quantitative estimate of drug-likeness (QED) is 0.715. The van der Waals surface area contributed by atoms with Crippen molar-refractivity contribution in [3.63, 3.8) is 0 Å². The summed E-state index contributed by atoms with van der Waals surface area (Å²) in [5.74, 6) is -1.95. The smallest absolute Gasteiger partial charge is 0.252 e. The van der Waals surface area contributed by atoms with E-state index < -0.39 is 17.5 Å². The second-order valence-electron chi connectivity index (χ2n) is 6.78. The molecule has 0 radical (unpaired) electrons. The van der Waals surface area contributed by atoms with Crippen molar-refractivity contribution in [1.82, 2.24) is 5.32 Å². The predicted molar refractivity (Wildman–Crippen MR) is 103 cm³/mol. The molecule has 0 bridgehead atoms. The maximum atomic E-state index is 13.5. The maximum absolute atomic E-state index is 13.5. The molecule has 1 amide bonds. The van der Waals surface area contributed by atoms with Crippen LogP contribution in [0.25, 0.3) is 0 Å². The van der Waals surface area contributed by atoms with E-state index in [1.165, 1.54) is 0 Å². The molecule has 1 aliphatic rings. The fraction of sp³-hybridized carbons (Fsp3) is 0.381. The largest absolute Gasteiger partial charge is 0.494 e. The molecule has 1 aliphatic heterocycles. The highest BCUT2D eigenvalue weighted by Gasteiger charge is 2.35. The third-order valence-corrected chi connectivity index (χ3v) is 5.38. The Hall–Kier alpha value is -2.18. The van der Waals surface area contributed by atoms with Crippen LogP contribution in [0.1, 0.15) is 35.7 Å². The topological polar surface area (TPSA) is 47.6 Å². The zero-order valence-electron chi connectivity index (χ0n) is 15.6. The van der Waals surface area contributed by atoms with E-state index in [1.54, 1.807) is 0 Å². The average Bonchev–Trinajstić information content (AvgIpc) is 2.70. The molecule has 7 heteroatoms. The van der Waals surface area contributed by atoms with E-state index in [9.17, 15) is 13.6 Å². The SMILES string of the molecule is CCOc1ccc(C2(CNC(=O)c3cc(F)c(F)cc3Cl)CCOCC2)cc1.